The van der Waals surface area contributed by atoms with E-state index in [0.717, 1.165) is 23.5 Å². The summed E-state index contributed by atoms with van der Waals surface area (Å²) in [6, 6.07) is 0. The van der Waals surface area contributed by atoms with Gasteiger partial charge in [0.05, 0.1) is 11.5 Å². The van der Waals surface area contributed by atoms with Crippen LogP contribution in [0.2, 0.25) is 0 Å². The maximum absolute atomic E-state index is 10.0. The van der Waals surface area contributed by atoms with Crippen molar-refractivity contribution in [2.45, 2.75) is 13.8 Å². The van der Waals surface area contributed by atoms with E-state index in [1.54, 1.807) is 0 Å². The lowest BCUT2D eigenvalue weighted by molar-refractivity contribution is -0.134. The molecule has 0 bridgehead atoms. The Hall–Kier alpha value is -0.270. The van der Waals surface area contributed by atoms with Crippen molar-refractivity contribution < 1.29 is 19.8 Å². The quantitative estimate of drug-likeness (QED) is 0.744. The van der Waals surface area contributed by atoms with Crippen LogP contribution in [0.4, 0.5) is 0 Å². The second-order valence-corrected chi connectivity index (χ2v) is 4.77. The highest BCUT2D eigenvalue weighted by Crippen LogP contribution is 2.16. The molecule has 0 saturated carbocycles. The Kier molecular flexibility index (Phi) is 12.5. The fourth-order valence-corrected chi connectivity index (χ4v) is 1.81. The Balaban J connectivity index is 0. The average Bonchev–Trinajstić information content (AvgIpc) is 2.14. The van der Waals surface area contributed by atoms with Gasteiger partial charge in [-0.05, 0) is 0 Å². The highest BCUT2D eigenvalue weighted by atomic mass is 32.2. The molecule has 0 atom stereocenters. The van der Waals surface area contributed by atoms with E-state index >= 15 is 0 Å². The zero-order chi connectivity index (χ0) is 11.6. The molecule has 0 spiro atoms. The number of thiocarbonyl (C=S) groups is 1. The van der Waals surface area contributed by atoms with Crippen molar-refractivity contribution in [3.05, 3.63) is 0 Å². The molecule has 2 N–H and O–H groups in total. The Morgan fingerprint density at radius 2 is 1.36 bits per heavy atom. The van der Waals surface area contributed by atoms with Gasteiger partial charge in [-0.2, -0.15) is 0 Å². The first kappa shape index (κ1) is 16.2. The van der Waals surface area contributed by atoms with E-state index in [4.69, 9.17) is 22.4 Å². The first-order chi connectivity index (χ1) is 6.52. The minimum atomic E-state index is -0.960. The summed E-state index contributed by atoms with van der Waals surface area (Å²) in [5, 5.41) is 16.5. The Morgan fingerprint density at radius 3 is 1.57 bits per heavy atom. The Labute approximate surface area is 96.5 Å². The Bertz CT molecular complexity index is 185. The van der Waals surface area contributed by atoms with Crippen LogP contribution in [0.3, 0.4) is 0 Å². The number of hydrogen-bond donors (Lipinski definition) is 2. The fourth-order valence-electron chi connectivity index (χ4n) is 0.283. The maximum atomic E-state index is 10.0. The van der Waals surface area contributed by atoms with Gasteiger partial charge in [0, 0.05) is 0 Å². The van der Waals surface area contributed by atoms with Crippen LogP contribution in [0.1, 0.15) is 13.8 Å². The number of thioether (sulfide) groups is 2. The van der Waals surface area contributed by atoms with Crippen LogP contribution < -0.4 is 0 Å². The van der Waals surface area contributed by atoms with Crippen molar-refractivity contribution in [1.82, 2.24) is 0 Å². The zero-order valence-electron chi connectivity index (χ0n) is 7.85. The third-order valence-corrected chi connectivity index (χ3v) is 3.30. The normalized spacial score (nSPS) is 8.43. The number of carboxylic acids is 2. The summed E-state index contributed by atoms with van der Waals surface area (Å²) in [7, 11) is 0. The Morgan fingerprint density at radius 1 is 1.07 bits per heavy atom. The first-order valence-electron chi connectivity index (χ1n) is 3.75. The number of carbonyl (C=O) groups is 2. The third kappa shape index (κ3) is 14.3. The van der Waals surface area contributed by atoms with Crippen molar-refractivity contribution in [2.75, 3.05) is 11.5 Å². The molecular weight excluding hydrogens is 244 g/mol. The molecule has 7 heteroatoms. The zero-order valence-corrected chi connectivity index (χ0v) is 10.3. The lowest BCUT2D eigenvalue weighted by atomic mass is 10.8. The van der Waals surface area contributed by atoms with E-state index in [-0.39, 0.29) is 11.5 Å². The van der Waals surface area contributed by atoms with Crippen LogP contribution in [0.25, 0.3) is 0 Å². The van der Waals surface area contributed by atoms with Crippen LogP contribution in [0.5, 0.6) is 0 Å². The molecular formula is C7H12O4S3. The SMILES string of the molecule is CC.O=C(O)CSC(=S)SCC(=O)O. The summed E-state index contributed by atoms with van der Waals surface area (Å²) in [5.41, 5.74) is 0. The largest absolute Gasteiger partial charge is 0.481 e. The molecule has 0 aromatic carbocycles. The van der Waals surface area contributed by atoms with Crippen molar-refractivity contribution in [3.63, 3.8) is 0 Å². The second kappa shape index (κ2) is 10.8. The molecule has 82 valence electrons. The molecule has 0 amide bonds. The van der Waals surface area contributed by atoms with Gasteiger partial charge in [-0.1, -0.05) is 49.6 Å². The minimum absolute atomic E-state index is 0.120. The highest BCUT2D eigenvalue weighted by molar-refractivity contribution is 8.47. The van der Waals surface area contributed by atoms with E-state index in [1.807, 2.05) is 13.8 Å². The predicted octanol–water partition coefficient (Wildman–Crippen LogP) is 1.93. The molecule has 0 saturated heterocycles. The monoisotopic (exact) mass is 256 g/mol. The number of rotatable bonds is 4. The first-order valence-corrected chi connectivity index (χ1v) is 6.13. The predicted molar refractivity (Wildman–Crippen MR) is 64.1 cm³/mol. The van der Waals surface area contributed by atoms with Gasteiger partial charge in [0.2, 0.25) is 0 Å². The number of hydrogen-bond acceptors (Lipinski definition) is 5. The van der Waals surface area contributed by atoms with Gasteiger partial charge in [-0.25, -0.2) is 0 Å². The molecule has 0 aliphatic rings. The van der Waals surface area contributed by atoms with E-state index in [2.05, 4.69) is 0 Å². The van der Waals surface area contributed by atoms with Gasteiger partial charge < -0.3 is 10.2 Å². The van der Waals surface area contributed by atoms with E-state index in [9.17, 15) is 9.59 Å². The van der Waals surface area contributed by atoms with Crippen LogP contribution in [0.15, 0.2) is 0 Å². The summed E-state index contributed by atoms with van der Waals surface area (Å²) < 4.78 is 0.347. The summed E-state index contributed by atoms with van der Waals surface area (Å²) >= 11 is 6.61. The topological polar surface area (TPSA) is 74.6 Å². The van der Waals surface area contributed by atoms with Gasteiger partial charge in [0.15, 0.2) is 0 Å². The molecule has 0 aliphatic carbocycles. The summed E-state index contributed by atoms with van der Waals surface area (Å²) in [5.74, 6) is -2.16. The lowest BCUT2D eigenvalue weighted by Gasteiger charge is -1.97. The van der Waals surface area contributed by atoms with Gasteiger partial charge >= 0.3 is 11.9 Å². The third-order valence-electron chi connectivity index (χ3n) is 0.627. The van der Waals surface area contributed by atoms with Crippen LogP contribution in [-0.4, -0.2) is 37.2 Å². The van der Waals surface area contributed by atoms with Crippen molar-refractivity contribution in [2.24, 2.45) is 0 Å². The molecule has 4 nitrogen and oxygen atoms in total. The molecule has 0 aromatic heterocycles. The molecule has 0 aliphatic heterocycles. The summed E-state index contributed by atoms with van der Waals surface area (Å²) in [6.45, 7) is 4.00. The second-order valence-electron chi connectivity index (χ2n) is 1.61. The summed E-state index contributed by atoms with van der Waals surface area (Å²) in [6.07, 6.45) is 0. The van der Waals surface area contributed by atoms with E-state index in [1.165, 1.54) is 0 Å². The fraction of sp³-hybridized carbons (Fsp3) is 0.571. The molecule has 0 rings (SSSR count). The smallest absolute Gasteiger partial charge is 0.313 e. The summed E-state index contributed by atoms with van der Waals surface area (Å²) in [4.78, 5) is 20.1. The molecule has 14 heavy (non-hydrogen) atoms. The number of carboxylic acid groups (broad SMARTS) is 2. The molecule has 0 radical (unpaired) electrons. The minimum Gasteiger partial charge on any atom is -0.481 e. The van der Waals surface area contributed by atoms with Gasteiger partial charge in [0.25, 0.3) is 0 Å². The van der Waals surface area contributed by atoms with Crippen LogP contribution in [0, 0.1) is 0 Å². The molecule has 0 unspecified atom stereocenters. The van der Waals surface area contributed by atoms with Crippen LogP contribution in [-0.2, 0) is 9.59 Å². The highest BCUT2D eigenvalue weighted by Gasteiger charge is 2.05. The molecule has 0 heterocycles. The van der Waals surface area contributed by atoms with E-state index < -0.39 is 11.9 Å². The standard InChI is InChI=1S/C5H6O4S3.C2H6/c6-3(7)1-11-5(10)12-2-4(8)9;1-2/h1-2H2,(H,6,7)(H,8,9);1-2H3. The van der Waals surface area contributed by atoms with Crippen LogP contribution >= 0.6 is 35.7 Å². The number of aliphatic carboxylic acids is 2. The molecule has 0 aromatic rings. The van der Waals surface area contributed by atoms with Crippen molar-refractivity contribution >= 4 is 51.2 Å². The average molecular weight is 256 g/mol. The van der Waals surface area contributed by atoms with Gasteiger partial charge in [-0.3, -0.25) is 9.59 Å². The van der Waals surface area contributed by atoms with E-state index in [0.29, 0.717) is 3.53 Å². The lowest BCUT2D eigenvalue weighted by Crippen LogP contribution is -2.02. The van der Waals surface area contributed by atoms with Crippen molar-refractivity contribution in [3.8, 4) is 0 Å². The van der Waals surface area contributed by atoms with Gasteiger partial charge in [0.1, 0.15) is 3.53 Å². The van der Waals surface area contributed by atoms with Crippen molar-refractivity contribution in [1.29, 1.82) is 0 Å². The van der Waals surface area contributed by atoms with Gasteiger partial charge in [-0.15, -0.1) is 0 Å². The molecule has 0 fully saturated rings. The maximum Gasteiger partial charge on any atom is 0.313 e.